The van der Waals surface area contributed by atoms with Gasteiger partial charge in [-0.3, -0.25) is 0 Å². The Morgan fingerprint density at radius 3 is 0.952 bits per heavy atom. The predicted octanol–water partition coefficient (Wildman–Crippen LogP) is 4.41. The normalized spacial score (nSPS) is 10.0. The first-order valence-electron chi connectivity index (χ1n) is 11.8. The minimum Gasteiger partial charge on any atom is -0.478 e. The lowest BCUT2D eigenvalue weighted by molar-refractivity contribution is 0.0354. The molecule has 0 aromatic heterocycles. The van der Waals surface area contributed by atoms with E-state index in [-0.39, 0.29) is 19.6 Å². The third kappa shape index (κ3) is 7.87. The molecule has 1 atom stereocenters. The molecule has 0 aliphatic rings. The molecule has 0 aliphatic carbocycles. The van der Waals surface area contributed by atoms with Crippen molar-refractivity contribution in [3.63, 3.8) is 0 Å². The quantitative estimate of drug-likeness (QED) is 0.178. The van der Waals surface area contributed by atoms with Crippen molar-refractivity contribution in [1.29, 1.82) is 0 Å². The van der Waals surface area contributed by atoms with Gasteiger partial charge in [0, 0.05) is 0 Å². The molecule has 0 saturated carbocycles. The minimum atomic E-state index is -1.41. The molecule has 210 valence electrons. The summed E-state index contributed by atoms with van der Waals surface area (Å²) in [5.74, 6) is -7.95. The first kappa shape index (κ1) is 30.7. The van der Waals surface area contributed by atoms with Gasteiger partial charge >= 0.3 is 44.3 Å². The Labute approximate surface area is 239 Å². The van der Waals surface area contributed by atoms with Gasteiger partial charge in [-0.2, -0.15) is 0 Å². The maximum atomic E-state index is 12.6. The summed E-state index contributed by atoms with van der Waals surface area (Å²) in [6.45, 7) is 0. The average Bonchev–Trinajstić information content (AvgIpc) is 3.01. The fourth-order valence-corrected chi connectivity index (χ4v) is 3.76. The summed E-state index contributed by atoms with van der Waals surface area (Å²) < 4.78 is 19.6. The zero-order valence-electron chi connectivity index (χ0n) is 21.4. The number of carbonyl (C=O) groups excluding carboxylic acids is 4. The highest BCUT2D eigenvalue weighted by Crippen LogP contribution is 2.17. The SMILES string of the molecule is O=C(O)c1ccccc1C(=O)OC(=O)c1ccccc1C(=O)OC(=O)c1ccccc1C(=O)O.O=[PH+]c1ccccc1. The molecule has 11 nitrogen and oxygen atoms in total. The van der Waals surface area contributed by atoms with E-state index in [2.05, 4.69) is 0 Å². The van der Waals surface area contributed by atoms with Gasteiger partial charge < -0.3 is 19.7 Å². The molecule has 4 aromatic carbocycles. The van der Waals surface area contributed by atoms with E-state index in [1.807, 2.05) is 30.3 Å². The van der Waals surface area contributed by atoms with Crippen LogP contribution < -0.4 is 5.30 Å². The Balaban J connectivity index is 0.000000521. The van der Waals surface area contributed by atoms with E-state index in [4.69, 9.17) is 9.47 Å². The Hall–Kier alpha value is -5.80. The van der Waals surface area contributed by atoms with Gasteiger partial charge in [0.25, 0.3) is 0 Å². The van der Waals surface area contributed by atoms with E-state index in [0.717, 1.165) is 41.7 Å². The molecule has 2 N–H and O–H groups in total. The molecule has 4 rings (SSSR count). The van der Waals surface area contributed by atoms with Gasteiger partial charge in [0.15, 0.2) is 5.30 Å². The van der Waals surface area contributed by atoms with E-state index in [1.165, 1.54) is 36.4 Å². The number of carbonyl (C=O) groups is 6. The van der Waals surface area contributed by atoms with Crippen LogP contribution >= 0.6 is 8.46 Å². The first-order valence-corrected chi connectivity index (χ1v) is 12.7. The summed E-state index contributed by atoms with van der Waals surface area (Å²) in [5, 5.41) is 19.3. The molecule has 0 heterocycles. The summed E-state index contributed by atoms with van der Waals surface area (Å²) in [6.07, 6.45) is 0. The second kappa shape index (κ2) is 14.5. The molecule has 0 saturated heterocycles. The van der Waals surface area contributed by atoms with Crippen molar-refractivity contribution < 1.29 is 53.0 Å². The largest absolute Gasteiger partial charge is 0.478 e. The number of rotatable bonds is 7. The van der Waals surface area contributed by atoms with Crippen LogP contribution in [0, 0.1) is 0 Å². The Morgan fingerprint density at radius 2 is 0.690 bits per heavy atom. The number of hydrogen-bond acceptors (Lipinski definition) is 9. The van der Waals surface area contributed by atoms with Crippen LogP contribution in [0.2, 0.25) is 0 Å². The Morgan fingerprint density at radius 1 is 0.429 bits per heavy atom. The van der Waals surface area contributed by atoms with Crippen molar-refractivity contribution in [3.8, 4) is 0 Å². The number of benzene rings is 4. The monoisotopic (exact) mass is 587 g/mol. The van der Waals surface area contributed by atoms with Crippen molar-refractivity contribution in [2.75, 3.05) is 0 Å². The molecule has 0 aliphatic heterocycles. The van der Waals surface area contributed by atoms with Crippen molar-refractivity contribution in [2.45, 2.75) is 0 Å². The van der Waals surface area contributed by atoms with E-state index < -0.39 is 58.1 Å². The predicted molar refractivity (Wildman–Crippen MR) is 148 cm³/mol. The van der Waals surface area contributed by atoms with Crippen molar-refractivity contribution in [1.82, 2.24) is 0 Å². The smallest absolute Gasteiger partial charge is 0.363 e. The lowest BCUT2D eigenvalue weighted by Crippen LogP contribution is -2.21. The van der Waals surface area contributed by atoms with E-state index >= 15 is 0 Å². The van der Waals surface area contributed by atoms with Gasteiger partial charge in [-0.05, 0) is 48.5 Å². The van der Waals surface area contributed by atoms with Crippen LogP contribution in [0.3, 0.4) is 0 Å². The topological polar surface area (TPSA) is 178 Å². The second-order valence-electron chi connectivity index (χ2n) is 8.07. The zero-order chi connectivity index (χ0) is 30.6. The van der Waals surface area contributed by atoms with Crippen LogP contribution in [-0.4, -0.2) is 46.0 Å². The third-order valence-electron chi connectivity index (χ3n) is 5.38. The second-order valence-corrected chi connectivity index (χ2v) is 8.85. The lowest BCUT2D eigenvalue weighted by atomic mass is 10.1. The minimum absolute atomic E-state index is 0.320. The maximum absolute atomic E-state index is 12.6. The van der Waals surface area contributed by atoms with Gasteiger partial charge in [-0.25, -0.2) is 28.8 Å². The van der Waals surface area contributed by atoms with E-state index in [0.29, 0.717) is 0 Å². The third-order valence-corrected chi connectivity index (χ3v) is 5.95. The first-order chi connectivity index (χ1) is 20.1. The highest BCUT2D eigenvalue weighted by molar-refractivity contribution is 7.34. The number of carboxylic acid groups (broad SMARTS) is 2. The number of ether oxygens (including phenoxy) is 2. The standard InChI is InChI=1S/C24H14O10.C6H5OP/c25-19(26)13-7-1-3-9-15(13)21(29)33-23(31)17-11-5-6-12-18(17)24(32)34-22(30)16-10-4-2-8-14(16)20(27)28;7-8-6-4-2-1-3-5-6/h1-12H,(H,25,26)(H,27,28);1-5H/p+1. The van der Waals surface area contributed by atoms with Crippen molar-refractivity contribution in [3.05, 3.63) is 137 Å². The molecule has 12 heteroatoms. The summed E-state index contributed by atoms with van der Waals surface area (Å²) in [4.78, 5) is 72.5. The Kier molecular flexibility index (Phi) is 10.6. The fraction of sp³-hybridized carbons (Fsp3) is 0. The highest BCUT2D eigenvalue weighted by Gasteiger charge is 2.27. The van der Waals surface area contributed by atoms with E-state index in [1.54, 1.807) is 0 Å². The molecule has 0 fully saturated rings. The van der Waals surface area contributed by atoms with Crippen molar-refractivity contribution in [2.24, 2.45) is 0 Å². The summed E-state index contributed by atoms with van der Waals surface area (Å²) >= 11 is 0. The molecule has 0 bridgehead atoms. The molecular formula is C30H20O11P+. The van der Waals surface area contributed by atoms with Crippen LogP contribution in [0.5, 0.6) is 0 Å². The van der Waals surface area contributed by atoms with Gasteiger partial charge in [0.2, 0.25) is 0 Å². The average molecular weight is 587 g/mol. The molecule has 0 spiro atoms. The van der Waals surface area contributed by atoms with Crippen LogP contribution in [0.15, 0.2) is 103 Å². The summed E-state index contributed by atoms with van der Waals surface area (Å²) in [6, 6.07) is 24.4. The number of hydrogen-bond donors (Lipinski definition) is 2. The van der Waals surface area contributed by atoms with Crippen LogP contribution in [0.1, 0.15) is 62.1 Å². The molecule has 0 radical (unpaired) electrons. The number of carboxylic acids is 2. The number of esters is 4. The molecule has 42 heavy (non-hydrogen) atoms. The van der Waals surface area contributed by atoms with E-state index in [9.17, 15) is 43.5 Å². The molecule has 4 aromatic rings. The fourth-order valence-electron chi connectivity index (χ4n) is 3.43. The molecular weight excluding hydrogens is 567 g/mol. The van der Waals surface area contributed by atoms with Crippen LogP contribution in [-0.2, 0) is 14.0 Å². The van der Waals surface area contributed by atoms with Gasteiger partial charge in [0.1, 0.15) is 0 Å². The highest BCUT2D eigenvalue weighted by atomic mass is 31.1. The molecule has 0 amide bonds. The van der Waals surface area contributed by atoms with Crippen LogP contribution in [0.25, 0.3) is 0 Å². The van der Waals surface area contributed by atoms with Gasteiger partial charge in [0.05, 0.1) is 33.4 Å². The van der Waals surface area contributed by atoms with Gasteiger partial charge in [-0.1, -0.05) is 59.2 Å². The summed E-state index contributed by atoms with van der Waals surface area (Å²) in [7, 11) is -0.320. The Bertz CT molecular complexity index is 1580. The molecule has 1 unspecified atom stereocenters. The lowest BCUT2D eigenvalue weighted by Gasteiger charge is -2.10. The summed E-state index contributed by atoms with van der Waals surface area (Å²) in [5.41, 5.74) is -2.43. The van der Waals surface area contributed by atoms with Crippen molar-refractivity contribution >= 4 is 49.6 Å². The van der Waals surface area contributed by atoms with Gasteiger partial charge in [-0.15, -0.1) is 0 Å². The zero-order valence-corrected chi connectivity index (χ0v) is 22.4. The van der Waals surface area contributed by atoms with Crippen LogP contribution in [0.4, 0.5) is 0 Å². The maximum Gasteiger partial charge on any atom is 0.363 e. The number of aromatic carboxylic acids is 2.